The molecule has 1 aromatic rings. The van der Waals surface area contributed by atoms with Gasteiger partial charge in [0.05, 0.1) is 19.3 Å². The van der Waals surface area contributed by atoms with E-state index in [0.717, 1.165) is 84.3 Å². The molecule has 180 valence electrons. The summed E-state index contributed by atoms with van der Waals surface area (Å²) >= 11 is 0. The summed E-state index contributed by atoms with van der Waals surface area (Å²) in [5.41, 5.74) is 2.62. The van der Waals surface area contributed by atoms with Crippen LogP contribution in [0.4, 0.5) is 0 Å². The zero-order valence-electron chi connectivity index (χ0n) is 20.2. The van der Waals surface area contributed by atoms with Gasteiger partial charge >= 0.3 is 0 Å². The number of benzene rings is 1. The first-order chi connectivity index (χ1) is 15.8. The van der Waals surface area contributed by atoms with Crippen molar-refractivity contribution in [3.05, 3.63) is 35.4 Å². The minimum Gasteiger partial charge on any atom is -0.379 e. The largest absolute Gasteiger partial charge is 0.379 e. The molecule has 2 aliphatic heterocycles. The molecule has 0 radical (unpaired) electrons. The van der Waals surface area contributed by atoms with Crippen LogP contribution in [0.5, 0.6) is 0 Å². The molecule has 3 rings (SSSR count). The van der Waals surface area contributed by atoms with Gasteiger partial charge in [-0.05, 0) is 43.9 Å². The molecule has 2 N–H and O–H groups in total. The third-order valence-electron chi connectivity index (χ3n) is 6.19. The lowest BCUT2D eigenvalue weighted by Gasteiger charge is -2.34. The Morgan fingerprint density at radius 3 is 2.50 bits per heavy atom. The summed E-state index contributed by atoms with van der Waals surface area (Å²) in [5.74, 6) is 0.865. The average molecular weight is 446 g/mol. The molecule has 0 bridgehead atoms. The molecule has 2 heterocycles. The van der Waals surface area contributed by atoms with E-state index >= 15 is 0 Å². The molecule has 0 aromatic heterocycles. The lowest BCUT2D eigenvalue weighted by molar-refractivity contribution is 0.0168. The highest BCUT2D eigenvalue weighted by molar-refractivity contribution is 5.79. The topological polar surface area (TPSA) is 61.4 Å². The van der Waals surface area contributed by atoms with Crippen LogP contribution in [0.25, 0.3) is 0 Å². The van der Waals surface area contributed by atoms with Crippen LogP contribution in [0.1, 0.15) is 44.2 Å². The molecule has 2 fully saturated rings. The predicted octanol–water partition coefficient (Wildman–Crippen LogP) is 2.46. The van der Waals surface area contributed by atoms with Crippen LogP contribution in [0.15, 0.2) is 29.3 Å². The standard InChI is InChI=1S/C25H43N5O2/c1-3-26-25(27-12-6-17-31-21-24-7-5-18-32-24)28-19-22-8-10-23(11-9-22)20-30-15-13-29(4-2)14-16-30/h8-11,24H,3-7,12-21H2,1-2H3,(H2,26,27,28). The average Bonchev–Trinajstić information content (AvgIpc) is 3.34. The Hall–Kier alpha value is -1.67. The van der Waals surface area contributed by atoms with Crippen molar-refractivity contribution < 1.29 is 9.47 Å². The molecule has 1 unspecified atom stereocenters. The molecular formula is C25H43N5O2. The lowest BCUT2D eigenvalue weighted by atomic mass is 10.1. The van der Waals surface area contributed by atoms with E-state index in [4.69, 9.17) is 14.5 Å². The molecule has 1 atom stereocenters. The van der Waals surface area contributed by atoms with Crippen molar-refractivity contribution in [3.63, 3.8) is 0 Å². The predicted molar refractivity (Wildman–Crippen MR) is 131 cm³/mol. The molecule has 32 heavy (non-hydrogen) atoms. The molecule has 7 nitrogen and oxygen atoms in total. The molecule has 0 spiro atoms. The van der Waals surface area contributed by atoms with Gasteiger partial charge in [-0.2, -0.15) is 0 Å². The minimum atomic E-state index is 0.305. The quantitative estimate of drug-likeness (QED) is 0.293. The second kappa shape index (κ2) is 14.5. The number of likely N-dealkylation sites (N-methyl/N-ethyl adjacent to an activating group) is 1. The molecule has 2 saturated heterocycles. The van der Waals surface area contributed by atoms with E-state index in [9.17, 15) is 0 Å². The molecule has 7 heteroatoms. The zero-order chi connectivity index (χ0) is 22.4. The van der Waals surface area contributed by atoms with Crippen LogP contribution in [-0.2, 0) is 22.6 Å². The van der Waals surface area contributed by atoms with Crippen LogP contribution < -0.4 is 10.6 Å². The maximum atomic E-state index is 5.73. The van der Waals surface area contributed by atoms with Crippen molar-refractivity contribution in [2.45, 2.75) is 52.3 Å². The normalized spacial score (nSPS) is 20.6. The van der Waals surface area contributed by atoms with Crippen molar-refractivity contribution in [1.29, 1.82) is 0 Å². The summed E-state index contributed by atoms with van der Waals surface area (Å²) in [6, 6.07) is 8.93. The highest BCUT2D eigenvalue weighted by Crippen LogP contribution is 2.12. The van der Waals surface area contributed by atoms with Gasteiger partial charge in [0.2, 0.25) is 0 Å². The Morgan fingerprint density at radius 2 is 1.81 bits per heavy atom. The second-order valence-corrected chi connectivity index (χ2v) is 8.71. The van der Waals surface area contributed by atoms with E-state index in [1.807, 2.05) is 0 Å². The first-order valence-electron chi connectivity index (χ1n) is 12.5. The summed E-state index contributed by atoms with van der Waals surface area (Å²) < 4.78 is 11.3. The fraction of sp³-hybridized carbons (Fsp3) is 0.720. The first kappa shape index (κ1) is 25.0. The van der Waals surface area contributed by atoms with Gasteiger partial charge in [-0.15, -0.1) is 0 Å². The number of guanidine groups is 1. The van der Waals surface area contributed by atoms with Gasteiger partial charge in [-0.3, -0.25) is 4.90 Å². The van der Waals surface area contributed by atoms with Crippen molar-refractivity contribution in [2.24, 2.45) is 4.99 Å². The van der Waals surface area contributed by atoms with Gasteiger partial charge in [0.1, 0.15) is 0 Å². The fourth-order valence-electron chi connectivity index (χ4n) is 4.16. The second-order valence-electron chi connectivity index (χ2n) is 8.71. The van der Waals surface area contributed by atoms with Gasteiger partial charge in [-0.25, -0.2) is 4.99 Å². The van der Waals surface area contributed by atoms with E-state index < -0.39 is 0 Å². The summed E-state index contributed by atoms with van der Waals surface area (Å²) in [6.45, 7) is 16.0. The lowest BCUT2D eigenvalue weighted by Crippen LogP contribution is -2.45. The van der Waals surface area contributed by atoms with Crippen LogP contribution in [0.2, 0.25) is 0 Å². The van der Waals surface area contributed by atoms with Gasteiger partial charge in [-0.1, -0.05) is 31.2 Å². The first-order valence-corrected chi connectivity index (χ1v) is 12.5. The number of piperazine rings is 1. The fourth-order valence-corrected chi connectivity index (χ4v) is 4.16. The molecular weight excluding hydrogens is 402 g/mol. The monoisotopic (exact) mass is 445 g/mol. The number of hydrogen-bond donors (Lipinski definition) is 2. The Balaban J connectivity index is 1.34. The Labute approximate surface area is 194 Å². The summed E-state index contributed by atoms with van der Waals surface area (Å²) in [5, 5.41) is 6.74. The smallest absolute Gasteiger partial charge is 0.191 e. The number of nitrogens with one attached hydrogen (secondary N) is 2. The minimum absolute atomic E-state index is 0.305. The molecule has 2 aliphatic rings. The molecule has 1 aromatic carbocycles. The van der Waals surface area contributed by atoms with Crippen LogP contribution in [0.3, 0.4) is 0 Å². The summed E-state index contributed by atoms with van der Waals surface area (Å²) in [6.07, 6.45) is 3.56. The number of nitrogens with zero attached hydrogens (tertiary/aromatic N) is 3. The molecule has 0 aliphatic carbocycles. The van der Waals surface area contributed by atoms with E-state index in [0.29, 0.717) is 12.6 Å². The molecule has 0 saturated carbocycles. The van der Waals surface area contributed by atoms with Crippen LogP contribution >= 0.6 is 0 Å². The van der Waals surface area contributed by atoms with Gasteiger partial charge in [0.25, 0.3) is 0 Å². The van der Waals surface area contributed by atoms with Crippen molar-refractivity contribution >= 4 is 5.96 Å². The van der Waals surface area contributed by atoms with Crippen molar-refractivity contribution in [1.82, 2.24) is 20.4 Å². The number of aliphatic imine (C=N–C) groups is 1. The van der Waals surface area contributed by atoms with Gasteiger partial charge in [0.15, 0.2) is 5.96 Å². The third kappa shape index (κ3) is 9.06. The van der Waals surface area contributed by atoms with Crippen molar-refractivity contribution in [3.8, 4) is 0 Å². The Kier molecular flexibility index (Phi) is 11.3. The van der Waals surface area contributed by atoms with Crippen LogP contribution in [-0.4, -0.2) is 87.5 Å². The highest BCUT2D eigenvalue weighted by atomic mass is 16.5. The maximum Gasteiger partial charge on any atom is 0.191 e. The number of ether oxygens (including phenoxy) is 2. The van der Waals surface area contributed by atoms with E-state index in [1.165, 1.54) is 24.2 Å². The van der Waals surface area contributed by atoms with Crippen molar-refractivity contribution in [2.75, 3.05) is 65.6 Å². The molecule has 0 amide bonds. The van der Waals surface area contributed by atoms with E-state index in [1.54, 1.807) is 0 Å². The van der Waals surface area contributed by atoms with Gasteiger partial charge in [0, 0.05) is 59.0 Å². The Bertz CT molecular complexity index is 653. The zero-order valence-corrected chi connectivity index (χ0v) is 20.2. The number of hydrogen-bond acceptors (Lipinski definition) is 5. The van der Waals surface area contributed by atoms with E-state index in [-0.39, 0.29) is 0 Å². The highest BCUT2D eigenvalue weighted by Gasteiger charge is 2.16. The third-order valence-corrected chi connectivity index (χ3v) is 6.19. The summed E-state index contributed by atoms with van der Waals surface area (Å²) in [4.78, 5) is 9.82. The maximum absolute atomic E-state index is 5.73. The Morgan fingerprint density at radius 1 is 1.06 bits per heavy atom. The SMILES string of the molecule is CCNC(=NCc1ccc(CN2CCN(CC)CC2)cc1)NCCCOCC1CCCO1. The van der Waals surface area contributed by atoms with Crippen LogP contribution in [0, 0.1) is 0 Å². The summed E-state index contributed by atoms with van der Waals surface area (Å²) in [7, 11) is 0. The van der Waals surface area contributed by atoms with E-state index in [2.05, 4.69) is 58.5 Å². The number of rotatable bonds is 12. The van der Waals surface area contributed by atoms with Gasteiger partial charge < -0.3 is 25.0 Å².